The minimum atomic E-state index is -5.29. The molecule has 1 aliphatic rings. The van der Waals surface area contributed by atoms with E-state index in [1.54, 1.807) is 5.32 Å². The van der Waals surface area contributed by atoms with Gasteiger partial charge in [-0.15, -0.1) is 0 Å². The number of sulfone groups is 1. The third-order valence-electron chi connectivity index (χ3n) is 13.2. The molecule has 77 heavy (non-hydrogen) atoms. The van der Waals surface area contributed by atoms with E-state index in [-0.39, 0.29) is 43.3 Å². The molecule has 6 rings (SSSR count). The quantitative estimate of drug-likeness (QED) is 0.0603. The molecule has 3 heterocycles. The van der Waals surface area contributed by atoms with Gasteiger partial charge in [-0.25, -0.2) is 35.2 Å². The molecule has 0 saturated heterocycles. The van der Waals surface area contributed by atoms with Crippen LogP contribution < -0.4 is 14.9 Å². The molecule has 420 valence electrons. The van der Waals surface area contributed by atoms with Gasteiger partial charge in [-0.3, -0.25) is 23.9 Å². The predicted molar refractivity (Wildman–Crippen MR) is 255 cm³/mol. The molecule has 1 aliphatic carbocycles. The van der Waals surface area contributed by atoms with Crippen molar-refractivity contribution in [3.05, 3.63) is 93.0 Å². The van der Waals surface area contributed by atoms with E-state index in [0.717, 1.165) is 50.4 Å². The zero-order chi connectivity index (χ0) is 58.1. The summed E-state index contributed by atoms with van der Waals surface area (Å²) in [5.41, 5.74) is -8.97. The fraction of sp³-hybridized carbons (Fsp3) is 0.457. The highest BCUT2D eigenvalue weighted by Crippen LogP contribution is 2.55. The van der Waals surface area contributed by atoms with Gasteiger partial charge in [-0.2, -0.15) is 49.6 Å². The van der Waals surface area contributed by atoms with Crippen molar-refractivity contribution in [3.8, 4) is 11.1 Å². The van der Waals surface area contributed by atoms with Gasteiger partial charge >= 0.3 is 30.3 Å². The van der Waals surface area contributed by atoms with Crippen molar-refractivity contribution in [1.29, 1.82) is 0 Å². The number of aryl methyl sites for hydroxylation is 1. The number of carboxylic acids is 2. The van der Waals surface area contributed by atoms with Crippen molar-refractivity contribution < 1.29 is 90.1 Å². The van der Waals surface area contributed by atoms with Crippen molar-refractivity contribution in [2.75, 3.05) is 16.8 Å². The van der Waals surface area contributed by atoms with Crippen molar-refractivity contribution >= 4 is 72.1 Å². The van der Waals surface area contributed by atoms with E-state index in [2.05, 4.69) is 20.5 Å². The average Bonchev–Trinajstić information content (AvgIpc) is 3.87. The lowest BCUT2D eigenvalue weighted by atomic mass is 9.93. The number of sulfonamides is 1. The summed E-state index contributed by atoms with van der Waals surface area (Å²) in [7, 11) is -8.93. The van der Waals surface area contributed by atoms with Gasteiger partial charge in [-0.1, -0.05) is 37.6 Å². The summed E-state index contributed by atoms with van der Waals surface area (Å²) in [5.74, 6) is -15.9. The first-order valence-electron chi connectivity index (χ1n) is 22.6. The van der Waals surface area contributed by atoms with Gasteiger partial charge in [0, 0.05) is 40.6 Å². The van der Waals surface area contributed by atoms with Crippen LogP contribution in [0.25, 0.3) is 22.0 Å². The summed E-state index contributed by atoms with van der Waals surface area (Å²) in [6.45, 7) is 2.04. The van der Waals surface area contributed by atoms with E-state index >= 15 is 8.78 Å². The zero-order valence-corrected chi connectivity index (χ0v) is 43.7. The Bertz CT molecular complexity index is 3420. The Morgan fingerprint density at radius 1 is 0.883 bits per heavy atom. The maximum absolute atomic E-state index is 15.8. The van der Waals surface area contributed by atoms with Gasteiger partial charge < -0.3 is 20.8 Å². The van der Waals surface area contributed by atoms with E-state index < -0.39 is 178 Å². The van der Waals surface area contributed by atoms with Crippen LogP contribution in [0.5, 0.6) is 0 Å². The molecule has 5 aromatic rings. The van der Waals surface area contributed by atoms with E-state index in [0.29, 0.717) is 19.2 Å². The largest absolute Gasteiger partial charge is 0.481 e. The van der Waals surface area contributed by atoms with E-state index in [1.165, 1.54) is 19.9 Å². The van der Waals surface area contributed by atoms with Crippen LogP contribution >= 0.6 is 11.6 Å². The Hall–Kier alpha value is -6.56. The van der Waals surface area contributed by atoms with Crippen molar-refractivity contribution in [3.63, 3.8) is 0 Å². The number of fused-ring (bicyclic) bond motifs is 2. The Balaban J connectivity index is 1.65. The number of hydrogen-bond donors (Lipinski definition) is 4. The molecule has 0 saturated carbocycles. The number of rotatable bonds is 18. The fourth-order valence-corrected chi connectivity index (χ4v) is 10.3. The molecule has 0 radical (unpaired) electrons. The lowest BCUT2D eigenvalue weighted by Crippen LogP contribution is -2.58. The van der Waals surface area contributed by atoms with Gasteiger partial charge in [0.1, 0.15) is 36.0 Å². The summed E-state index contributed by atoms with van der Waals surface area (Å²) < 4.78 is 199. The predicted octanol–water partition coefficient (Wildman–Crippen LogP) is 8.30. The van der Waals surface area contributed by atoms with Crippen LogP contribution in [-0.2, 0) is 72.3 Å². The number of aromatic nitrogens is 5. The number of carbonyl (C=O) groups excluding carboxylic acids is 2. The van der Waals surface area contributed by atoms with Crippen LogP contribution in [-0.4, -0.2) is 104 Å². The number of anilines is 1. The normalized spacial score (nSPS) is 17.2. The number of nitrogens with one attached hydrogen (secondary N) is 2. The molecule has 3 aromatic heterocycles. The summed E-state index contributed by atoms with van der Waals surface area (Å²) in [6, 6.07) is 2.64. The van der Waals surface area contributed by atoms with Crippen molar-refractivity contribution in [2.24, 2.45) is 5.92 Å². The Kier molecular flexibility index (Phi) is 16.0. The molecule has 0 spiro atoms. The molecular weight excluding hydrogens is 1110 g/mol. The van der Waals surface area contributed by atoms with Crippen LogP contribution in [0.15, 0.2) is 42.5 Å². The number of carboxylic acid groups (broad SMARTS) is 2. The molecule has 4 atom stereocenters. The number of pyridine rings is 1. The summed E-state index contributed by atoms with van der Waals surface area (Å²) in [4.78, 5) is 56.7. The molecule has 3 amide bonds. The second kappa shape index (κ2) is 20.7. The van der Waals surface area contributed by atoms with Crippen LogP contribution in [0.4, 0.5) is 54.5 Å². The topological polar surface area (TPSA) is 253 Å². The third kappa shape index (κ3) is 12.4. The SMILES string of the molecule is C[C@@H]1c2c(C(F)(F)F)nn(CC(=O)N[C@@H](Cc3cc(F)cc(F)c3)c3nc(CCC(C)(C)S(C)(=O)=O)ccc3-c3ccc(Cl)c4c(N(C(=O)N[C@@](C)(CC(=O)O)C(=O)O)S(C)(=O)=O)nn(CC(F)(F)F)c34)c2C(F)(F)[C@@H]1C. The monoisotopic (exact) mass is 1160 g/mol. The number of halogens is 11. The first kappa shape index (κ1) is 59.7. The number of nitrogens with zero attached hydrogens (tertiary/aromatic N) is 6. The van der Waals surface area contributed by atoms with Crippen molar-refractivity contribution in [2.45, 2.75) is 114 Å². The van der Waals surface area contributed by atoms with Crippen LogP contribution in [0, 0.1) is 17.6 Å². The highest BCUT2D eigenvalue weighted by atomic mass is 35.5. The third-order valence-corrected chi connectivity index (χ3v) is 16.7. The van der Waals surface area contributed by atoms with Gasteiger partial charge in [0.25, 0.3) is 5.92 Å². The Labute approximate surface area is 436 Å². The van der Waals surface area contributed by atoms with Crippen molar-refractivity contribution in [1.82, 2.24) is 35.2 Å². The highest BCUT2D eigenvalue weighted by molar-refractivity contribution is 7.93. The maximum atomic E-state index is 15.8. The first-order chi connectivity index (χ1) is 35.1. The molecular formula is C46H47ClF10N8O10S2. The highest BCUT2D eigenvalue weighted by Gasteiger charge is 2.57. The summed E-state index contributed by atoms with van der Waals surface area (Å²) in [6.07, 6.45) is -11.8. The molecule has 0 bridgehead atoms. The lowest BCUT2D eigenvalue weighted by Gasteiger charge is -2.28. The Morgan fingerprint density at radius 3 is 2.01 bits per heavy atom. The molecule has 0 fully saturated rings. The lowest BCUT2D eigenvalue weighted by molar-refractivity contribution is -0.150. The number of carbonyl (C=O) groups is 4. The Morgan fingerprint density at radius 2 is 1.48 bits per heavy atom. The second-order valence-electron chi connectivity index (χ2n) is 19.4. The number of urea groups is 1. The second-order valence-corrected chi connectivity index (χ2v) is 24.3. The summed E-state index contributed by atoms with van der Waals surface area (Å²) in [5, 5.41) is 29.2. The first-order valence-corrected chi connectivity index (χ1v) is 26.7. The standard InChI is InChI=1S/C46H47ClF10N8O10S2/c1-21-22(2)45(53,54)38-33(21)37(46(55,56)57)61-63(38)19-31(66)59-30(16-23-14-24(48)17-25(49)15-23)35-27(9-8-26(58-35)12-13-42(3,4)76(6,72)73)28-10-11-29(47)34-36(28)64(20-44(50,51)52)62-39(34)65(77(7,74)75)41(71)60-43(5,40(69)70)18-32(67)68/h8-11,14-15,17,21-22,30H,12-13,16,18-20H2,1-7H3,(H,59,66)(H,60,71)(H,67,68)(H,69,70)/t21-,22+,30-,43-/m0/s1. The van der Waals surface area contributed by atoms with E-state index in [9.17, 15) is 81.4 Å². The van der Waals surface area contributed by atoms with Crippen LogP contribution in [0.1, 0.15) is 93.3 Å². The molecule has 31 heteroatoms. The van der Waals surface area contributed by atoms with Gasteiger partial charge in [0.2, 0.25) is 15.9 Å². The zero-order valence-electron chi connectivity index (χ0n) is 41.3. The number of amides is 3. The van der Waals surface area contributed by atoms with E-state index in [1.807, 2.05) is 0 Å². The molecule has 0 aliphatic heterocycles. The average molecular weight is 1160 g/mol. The smallest absolute Gasteiger partial charge is 0.435 e. The molecule has 4 N–H and O–H groups in total. The molecule has 18 nitrogen and oxygen atoms in total. The van der Waals surface area contributed by atoms with E-state index in [4.69, 9.17) is 11.6 Å². The summed E-state index contributed by atoms with van der Waals surface area (Å²) >= 11 is 6.61. The number of benzene rings is 2. The maximum Gasteiger partial charge on any atom is 0.435 e. The number of alkyl halides is 8. The van der Waals surface area contributed by atoms with Gasteiger partial charge in [-0.05, 0) is 75.8 Å². The van der Waals surface area contributed by atoms with Crippen LogP contribution in [0.3, 0.4) is 0 Å². The van der Waals surface area contributed by atoms with Gasteiger partial charge in [0.05, 0.1) is 45.1 Å². The number of aliphatic carboxylic acids is 2. The van der Waals surface area contributed by atoms with Gasteiger partial charge in [0.15, 0.2) is 21.3 Å². The molecule has 0 unspecified atom stereocenters. The minimum absolute atomic E-state index is 0.0232. The number of hydrogen-bond acceptors (Lipinski definition) is 11. The fourth-order valence-electron chi connectivity index (χ4n) is 8.75. The molecule has 2 aromatic carbocycles. The van der Waals surface area contributed by atoms with Crippen LogP contribution in [0.2, 0.25) is 5.02 Å². The minimum Gasteiger partial charge on any atom is -0.481 e.